The van der Waals surface area contributed by atoms with Crippen molar-refractivity contribution in [2.24, 2.45) is 0 Å². The van der Waals surface area contributed by atoms with E-state index in [0.29, 0.717) is 0 Å². The molecule has 0 aromatic heterocycles. The normalized spacial score (nSPS) is 15.5. The molecule has 0 aliphatic rings. The van der Waals surface area contributed by atoms with E-state index in [0.717, 1.165) is 11.1 Å². The van der Waals surface area contributed by atoms with Crippen LogP contribution >= 0.6 is 11.6 Å². The van der Waals surface area contributed by atoms with Crippen LogP contribution < -0.4 is 0 Å². The predicted octanol–water partition coefficient (Wildman–Crippen LogP) is 2.96. The van der Waals surface area contributed by atoms with Crippen LogP contribution in [0.5, 0.6) is 0 Å². The zero-order chi connectivity index (χ0) is 10.0. The van der Waals surface area contributed by atoms with Crippen molar-refractivity contribution in [3.63, 3.8) is 0 Å². The summed E-state index contributed by atoms with van der Waals surface area (Å²) in [6.07, 6.45) is -0.567. The fraction of sp³-hybridized carbons (Fsp3) is 0.455. The highest BCUT2D eigenvalue weighted by Gasteiger charge is 2.15. The Bertz CT molecular complexity index is 294. The molecule has 13 heavy (non-hydrogen) atoms. The van der Waals surface area contributed by atoms with Crippen molar-refractivity contribution in [2.75, 3.05) is 0 Å². The van der Waals surface area contributed by atoms with Crippen LogP contribution in [0, 0.1) is 13.8 Å². The topological polar surface area (TPSA) is 20.2 Å². The lowest BCUT2D eigenvalue weighted by molar-refractivity contribution is 0.176. The van der Waals surface area contributed by atoms with Gasteiger partial charge in [-0.1, -0.05) is 23.8 Å². The van der Waals surface area contributed by atoms with Gasteiger partial charge in [0.2, 0.25) is 0 Å². The van der Waals surface area contributed by atoms with E-state index in [1.807, 2.05) is 26.0 Å². The Labute approximate surface area is 84.4 Å². The molecule has 2 unspecified atom stereocenters. The Kier molecular flexibility index (Phi) is 3.34. The summed E-state index contributed by atoms with van der Waals surface area (Å²) in [5.41, 5.74) is 3.23. The smallest absolute Gasteiger partial charge is 0.0953 e. The molecule has 2 atom stereocenters. The lowest BCUT2D eigenvalue weighted by Gasteiger charge is -2.15. The van der Waals surface area contributed by atoms with E-state index in [4.69, 9.17) is 11.6 Å². The summed E-state index contributed by atoms with van der Waals surface area (Å²) in [5.74, 6) is 0. The van der Waals surface area contributed by atoms with Crippen molar-refractivity contribution >= 4 is 11.6 Å². The van der Waals surface area contributed by atoms with E-state index in [1.165, 1.54) is 5.56 Å². The molecule has 1 N–H and O–H groups in total. The number of aliphatic hydroxyl groups excluding tert-OH is 1. The zero-order valence-electron chi connectivity index (χ0n) is 8.21. The summed E-state index contributed by atoms with van der Waals surface area (Å²) in [4.78, 5) is 0. The summed E-state index contributed by atoms with van der Waals surface area (Å²) in [7, 11) is 0. The predicted molar refractivity (Wildman–Crippen MR) is 56.2 cm³/mol. The van der Waals surface area contributed by atoms with Crippen LogP contribution in [-0.2, 0) is 0 Å². The lowest BCUT2D eigenvalue weighted by Crippen LogP contribution is -2.09. The van der Waals surface area contributed by atoms with Gasteiger partial charge >= 0.3 is 0 Å². The fourth-order valence-electron chi connectivity index (χ4n) is 1.40. The summed E-state index contributed by atoms with van der Waals surface area (Å²) in [5, 5.41) is 9.49. The molecule has 0 heterocycles. The minimum atomic E-state index is -0.567. The summed E-state index contributed by atoms with van der Waals surface area (Å²) in [6, 6.07) is 5.98. The van der Waals surface area contributed by atoms with Gasteiger partial charge in [-0.05, 0) is 31.9 Å². The van der Waals surface area contributed by atoms with Gasteiger partial charge in [0.25, 0.3) is 0 Å². The largest absolute Gasteiger partial charge is 0.387 e. The average molecular weight is 199 g/mol. The molecule has 0 amide bonds. The molecule has 72 valence electrons. The first kappa shape index (κ1) is 10.6. The third-order valence-electron chi connectivity index (χ3n) is 2.18. The Morgan fingerprint density at radius 1 is 1.31 bits per heavy atom. The molecule has 0 fully saturated rings. The monoisotopic (exact) mass is 198 g/mol. The molecule has 0 aliphatic carbocycles. The van der Waals surface area contributed by atoms with Gasteiger partial charge in [-0.2, -0.15) is 0 Å². The quantitative estimate of drug-likeness (QED) is 0.725. The van der Waals surface area contributed by atoms with Crippen LogP contribution in [-0.4, -0.2) is 10.5 Å². The molecule has 1 rings (SSSR count). The lowest BCUT2D eigenvalue weighted by atomic mass is 9.99. The number of halogens is 1. The first-order valence-corrected chi connectivity index (χ1v) is 4.85. The van der Waals surface area contributed by atoms with Crippen LogP contribution in [0.4, 0.5) is 0 Å². The highest BCUT2D eigenvalue weighted by molar-refractivity contribution is 6.20. The molecule has 1 nitrogen and oxygen atoms in total. The van der Waals surface area contributed by atoms with Gasteiger partial charge in [0.1, 0.15) is 0 Å². The van der Waals surface area contributed by atoms with Crippen molar-refractivity contribution in [3.05, 3.63) is 34.9 Å². The van der Waals surface area contributed by atoms with Crippen LogP contribution in [0.15, 0.2) is 18.2 Å². The first-order chi connectivity index (χ1) is 6.02. The number of rotatable bonds is 2. The molecule has 0 saturated heterocycles. The first-order valence-electron chi connectivity index (χ1n) is 4.41. The third-order valence-corrected chi connectivity index (χ3v) is 2.42. The zero-order valence-corrected chi connectivity index (χ0v) is 8.97. The van der Waals surface area contributed by atoms with E-state index in [2.05, 4.69) is 6.07 Å². The maximum atomic E-state index is 9.74. The highest BCUT2D eigenvalue weighted by Crippen LogP contribution is 2.24. The molecular weight excluding hydrogens is 184 g/mol. The second kappa shape index (κ2) is 4.12. The maximum absolute atomic E-state index is 9.74. The van der Waals surface area contributed by atoms with Crippen molar-refractivity contribution in [1.29, 1.82) is 0 Å². The fourth-order valence-corrected chi connectivity index (χ4v) is 1.54. The third kappa shape index (κ3) is 2.45. The Morgan fingerprint density at radius 2 is 1.92 bits per heavy atom. The van der Waals surface area contributed by atoms with Crippen LogP contribution in [0.25, 0.3) is 0 Å². The van der Waals surface area contributed by atoms with Crippen molar-refractivity contribution in [3.8, 4) is 0 Å². The minimum Gasteiger partial charge on any atom is -0.387 e. The number of hydrogen-bond donors (Lipinski definition) is 1. The number of aliphatic hydroxyl groups is 1. The van der Waals surface area contributed by atoms with Gasteiger partial charge in [0, 0.05) is 0 Å². The summed E-state index contributed by atoms with van der Waals surface area (Å²) < 4.78 is 0. The standard InChI is InChI=1S/C11H15ClO/c1-7-4-5-10(8(2)6-7)11(13)9(3)12/h4-6,9,11,13H,1-3H3. The SMILES string of the molecule is Cc1ccc(C(O)C(C)Cl)c(C)c1. The molecular formula is C11H15ClO. The number of alkyl halides is 1. The second-order valence-electron chi connectivity index (χ2n) is 3.48. The summed E-state index contributed by atoms with van der Waals surface area (Å²) in [6.45, 7) is 5.82. The van der Waals surface area contributed by atoms with E-state index in [-0.39, 0.29) is 5.38 Å². The van der Waals surface area contributed by atoms with Gasteiger partial charge in [-0.25, -0.2) is 0 Å². The highest BCUT2D eigenvalue weighted by atomic mass is 35.5. The number of aryl methyl sites for hydroxylation is 2. The van der Waals surface area contributed by atoms with Gasteiger partial charge in [-0.3, -0.25) is 0 Å². The van der Waals surface area contributed by atoms with E-state index in [1.54, 1.807) is 6.92 Å². The molecule has 2 heteroatoms. The molecule has 0 radical (unpaired) electrons. The number of benzene rings is 1. The van der Waals surface area contributed by atoms with E-state index >= 15 is 0 Å². The maximum Gasteiger partial charge on any atom is 0.0953 e. The Hall–Kier alpha value is -0.530. The van der Waals surface area contributed by atoms with Crippen molar-refractivity contribution in [1.82, 2.24) is 0 Å². The molecule has 0 saturated carbocycles. The van der Waals surface area contributed by atoms with Gasteiger partial charge in [0.15, 0.2) is 0 Å². The molecule has 0 aliphatic heterocycles. The Balaban J connectivity index is 3.01. The molecule has 0 spiro atoms. The van der Waals surface area contributed by atoms with Crippen LogP contribution in [0.3, 0.4) is 0 Å². The van der Waals surface area contributed by atoms with Crippen LogP contribution in [0.2, 0.25) is 0 Å². The molecule has 1 aromatic carbocycles. The Morgan fingerprint density at radius 3 is 2.38 bits per heavy atom. The molecule has 1 aromatic rings. The summed E-state index contributed by atoms with van der Waals surface area (Å²) >= 11 is 5.82. The number of hydrogen-bond acceptors (Lipinski definition) is 1. The average Bonchev–Trinajstić information content (AvgIpc) is 2.03. The van der Waals surface area contributed by atoms with Gasteiger partial charge < -0.3 is 5.11 Å². The molecule has 0 bridgehead atoms. The van der Waals surface area contributed by atoms with Gasteiger partial charge in [0.05, 0.1) is 11.5 Å². The minimum absolute atomic E-state index is 0.249. The van der Waals surface area contributed by atoms with E-state index < -0.39 is 6.10 Å². The van der Waals surface area contributed by atoms with Crippen molar-refractivity contribution in [2.45, 2.75) is 32.3 Å². The second-order valence-corrected chi connectivity index (χ2v) is 4.17. The van der Waals surface area contributed by atoms with Crippen LogP contribution in [0.1, 0.15) is 29.7 Å². The van der Waals surface area contributed by atoms with Gasteiger partial charge in [-0.15, -0.1) is 11.6 Å². The van der Waals surface area contributed by atoms with Crippen molar-refractivity contribution < 1.29 is 5.11 Å². The van der Waals surface area contributed by atoms with E-state index in [9.17, 15) is 5.11 Å².